The Hall–Kier alpha value is -1.20. The van der Waals surface area contributed by atoms with Crippen molar-refractivity contribution >= 4 is 0 Å². The van der Waals surface area contributed by atoms with E-state index in [1.54, 1.807) is 18.4 Å². The molecule has 0 radical (unpaired) electrons. The van der Waals surface area contributed by atoms with Gasteiger partial charge in [0.1, 0.15) is 0 Å². The molecule has 1 heterocycles. The normalized spacial score (nSPS) is 8.50. The highest BCUT2D eigenvalue weighted by atomic mass is 16.3. The van der Waals surface area contributed by atoms with Crippen LogP contribution < -0.4 is 0 Å². The summed E-state index contributed by atoms with van der Waals surface area (Å²) in [5, 5.41) is 8.36. The third-order valence-electron chi connectivity index (χ3n) is 0.970. The Bertz CT molecular complexity index is 226. The SMILES string of the molecule is OCCC#Cc1ccco1. The maximum Gasteiger partial charge on any atom is 0.176 e. The van der Waals surface area contributed by atoms with E-state index >= 15 is 0 Å². The number of hydrogen-bond acceptors (Lipinski definition) is 2. The maximum absolute atomic E-state index is 8.36. The molecule has 0 bridgehead atoms. The largest absolute Gasteiger partial charge is 0.456 e. The lowest BCUT2D eigenvalue weighted by atomic mass is 10.4. The molecule has 0 amide bonds. The van der Waals surface area contributed by atoms with Crippen LogP contribution >= 0.6 is 0 Å². The molecule has 0 aromatic carbocycles. The molecule has 0 unspecified atom stereocenters. The second kappa shape index (κ2) is 3.76. The molecule has 0 aliphatic heterocycles. The number of rotatable bonds is 1. The van der Waals surface area contributed by atoms with Crippen LogP contribution in [0.1, 0.15) is 12.2 Å². The Morgan fingerprint density at radius 2 is 2.50 bits per heavy atom. The molecule has 0 saturated heterocycles. The van der Waals surface area contributed by atoms with Gasteiger partial charge < -0.3 is 9.52 Å². The van der Waals surface area contributed by atoms with E-state index in [-0.39, 0.29) is 6.61 Å². The molecule has 1 aromatic rings. The van der Waals surface area contributed by atoms with Crippen LogP contribution in [0.4, 0.5) is 0 Å². The minimum absolute atomic E-state index is 0.105. The molecule has 0 atom stereocenters. The van der Waals surface area contributed by atoms with Gasteiger partial charge in [-0.05, 0) is 18.1 Å². The standard InChI is InChI=1S/C8H8O2/c9-6-2-1-4-8-5-3-7-10-8/h3,5,7,9H,2,6H2. The number of hydrogen-bond donors (Lipinski definition) is 1. The Kier molecular flexibility index (Phi) is 2.60. The lowest BCUT2D eigenvalue weighted by molar-refractivity contribution is 0.305. The summed E-state index contributed by atoms with van der Waals surface area (Å²) in [6.45, 7) is 0.105. The van der Waals surface area contributed by atoms with Crippen LogP contribution in [0.25, 0.3) is 0 Å². The Labute approximate surface area is 59.5 Å². The van der Waals surface area contributed by atoms with Crippen molar-refractivity contribution in [2.75, 3.05) is 6.61 Å². The van der Waals surface area contributed by atoms with E-state index < -0.39 is 0 Å². The van der Waals surface area contributed by atoms with Crippen molar-refractivity contribution in [2.45, 2.75) is 6.42 Å². The van der Waals surface area contributed by atoms with Crippen molar-refractivity contribution in [3.05, 3.63) is 24.2 Å². The Morgan fingerprint density at radius 3 is 3.10 bits per heavy atom. The van der Waals surface area contributed by atoms with Crippen LogP contribution in [-0.2, 0) is 0 Å². The lowest BCUT2D eigenvalue weighted by Crippen LogP contribution is -1.75. The molecule has 10 heavy (non-hydrogen) atoms. The molecule has 1 aromatic heterocycles. The highest BCUT2D eigenvalue weighted by Gasteiger charge is 1.83. The lowest BCUT2D eigenvalue weighted by Gasteiger charge is -1.77. The van der Waals surface area contributed by atoms with Gasteiger partial charge in [-0.3, -0.25) is 0 Å². The maximum atomic E-state index is 8.36. The van der Waals surface area contributed by atoms with Crippen molar-refractivity contribution in [3.8, 4) is 11.8 Å². The number of furan rings is 1. The molecule has 2 heteroatoms. The van der Waals surface area contributed by atoms with Gasteiger partial charge in [0.05, 0.1) is 12.9 Å². The van der Waals surface area contributed by atoms with Gasteiger partial charge in [0.15, 0.2) is 5.76 Å². The first-order chi connectivity index (χ1) is 4.93. The topological polar surface area (TPSA) is 33.4 Å². The van der Waals surface area contributed by atoms with Gasteiger partial charge in [-0.2, -0.15) is 0 Å². The van der Waals surface area contributed by atoms with E-state index in [1.807, 2.05) is 0 Å². The Morgan fingerprint density at radius 1 is 1.60 bits per heavy atom. The highest BCUT2D eigenvalue weighted by Crippen LogP contribution is 1.95. The molecule has 2 nitrogen and oxygen atoms in total. The van der Waals surface area contributed by atoms with Gasteiger partial charge in [-0.15, -0.1) is 0 Å². The van der Waals surface area contributed by atoms with Crippen LogP contribution in [0.15, 0.2) is 22.8 Å². The van der Waals surface area contributed by atoms with E-state index in [9.17, 15) is 0 Å². The molecular formula is C8H8O2. The summed E-state index contributed by atoms with van der Waals surface area (Å²) in [7, 11) is 0. The first-order valence-corrected chi connectivity index (χ1v) is 3.06. The first kappa shape index (κ1) is 6.91. The average Bonchev–Trinajstić information content (AvgIpc) is 2.41. The van der Waals surface area contributed by atoms with Crippen molar-refractivity contribution in [1.29, 1.82) is 0 Å². The highest BCUT2D eigenvalue weighted by molar-refractivity contribution is 5.23. The Balaban J connectivity index is 2.49. The molecule has 0 aliphatic rings. The summed E-state index contributed by atoms with van der Waals surface area (Å²) in [5.74, 6) is 6.14. The molecule has 0 saturated carbocycles. The van der Waals surface area contributed by atoms with Crippen molar-refractivity contribution in [1.82, 2.24) is 0 Å². The van der Waals surface area contributed by atoms with Gasteiger partial charge in [0.2, 0.25) is 0 Å². The van der Waals surface area contributed by atoms with Crippen molar-refractivity contribution < 1.29 is 9.52 Å². The predicted molar refractivity (Wildman–Crippen MR) is 37.3 cm³/mol. The van der Waals surface area contributed by atoms with E-state index in [0.29, 0.717) is 12.2 Å². The minimum atomic E-state index is 0.105. The van der Waals surface area contributed by atoms with Gasteiger partial charge in [0, 0.05) is 6.42 Å². The van der Waals surface area contributed by atoms with Gasteiger partial charge in [0.25, 0.3) is 0 Å². The molecule has 0 spiro atoms. The van der Waals surface area contributed by atoms with Crippen molar-refractivity contribution in [2.24, 2.45) is 0 Å². The van der Waals surface area contributed by atoms with E-state index in [1.165, 1.54) is 0 Å². The summed E-state index contributed by atoms with van der Waals surface area (Å²) >= 11 is 0. The van der Waals surface area contributed by atoms with E-state index in [4.69, 9.17) is 9.52 Å². The summed E-state index contributed by atoms with van der Waals surface area (Å²) in [6, 6.07) is 3.56. The molecule has 1 rings (SSSR count). The monoisotopic (exact) mass is 136 g/mol. The van der Waals surface area contributed by atoms with Crippen LogP contribution in [0, 0.1) is 11.8 Å². The van der Waals surface area contributed by atoms with Crippen LogP contribution in [-0.4, -0.2) is 11.7 Å². The summed E-state index contributed by atoms with van der Waals surface area (Å²) < 4.78 is 4.92. The fourth-order valence-corrected chi connectivity index (χ4v) is 0.555. The molecule has 0 fully saturated rings. The number of aliphatic hydroxyl groups excluding tert-OH is 1. The summed E-state index contributed by atoms with van der Waals surface area (Å²) in [6.07, 6.45) is 2.07. The van der Waals surface area contributed by atoms with Gasteiger partial charge in [-0.1, -0.05) is 5.92 Å². The zero-order chi connectivity index (χ0) is 7.23. The molecule has 52 valence electrons. The number of aliphatic hydroxyl groups is 1. The third kappa shape index (κ3) is 1.96. The molecule has 1 N–H and O–H groups in total. The fraction of sp³-hybridized carbons (Fsp3) is 0.250. The first-order valence-electron chi connectivity index (χ1n) is 3.06. The zero-order valence-corrected chi connectivity index (χ0v) is 5.50. The minimum Gasteiger partial charge on any atom is -0.456 e. The molecular weight excluding hydrogens is 128 g/mol. The quantitative estimate of drug-likeness (QED) is 0.584. The fourth-order valence-electron chi connectivity index (χ4n) is 0.555. The van der Waals surface area contributed by atoms with Crippen LogP contribution in [0.2, 0.25) is 0 Å². The van der Waals surface area contributed by atoms with E-state index in [2.05, 4.69) is 11.8 Å². The smallest absolute Gasteiger partial charge is 0.176 e. The van der Waals surface area contributed by atoms with Crippen molar-refractivity contribution in [3.63, 3.8) is 0 Å². The summed E-state index contributed by atoms with van der Waals surface area (Å²) in [4.78, 5) is 0. The zero-order valence-electron chi connectivity index (χ0n) is 5.50. The average molecular weight is 136 g/mol. The second-order valence-corrected chi connectivity index (χ2v) is 1.75. The molecule has 0 aliphatic carbocycles. The van der Waals surface area contributed by atoms with E-state index in [0.717, 1.165) is 0 Å². The van der Waals surface area contributed by atoms with Crippen LogP contribution in [0.5, 0.6) is 0 Å². The third-order valence-corrected chi connectivity index (χ3v) is 0.970. The second-order valence-electron chi connectivity index (χ2n) is 1.75. The van der Waals surface area contributed by atoms with Gasteiger partial charge in [-0.25, -0.2) is 0 Å². The summed E-state index contributed by atoms with van der Waals surface area (Å²) in [5.41, 5.74) is 0. The van der Waals surface area contributed by atoms with Gasteiger partial charge >= 0.3 is 0 Å². The predicted octanol–water partition coefficient (Wildman–Crippen LogP) is 1.01. The van der Waals surface area contributed by atoms with Crippen LogP contribution in [0.3, 0.4) is 0 Å².